The molecule has 1 aromatic heterocycles. The number of benzene rings is 4. The van der Waals surface area contributed by atoms with Crippen molar-refractivity contribution in [1.29, 1.82) is 0 Å². The fraction of sp³-hybridized carbons (Fsp3) is 0. The molecule has 0 bridgehead atoms. The first-order chi connectivity index (χ1) is 14.7. The van der Waals surface area contributed by atoms with Gasteiger partial charge in [-0.3, -0.25) is 9.78 Å². The molecule has 0 aliphatic rings. The maximum absolute atomic E-state index is 12.8. The third kappa shape index (κ3) is 3.36. The number of hydrogen-bond donors (Lipinski definition) is 1. The maximum atomic E-state index is 12.8. The van der Waals surface area contributed by atoms with Crippen molar-refractivity contribution in [3.05, 3.63) is 107 Å². The minimum Gasteiger partial charge on any atom is -0.321 e. The first kappa shape index (κ1) is 18.5. The highest BCUT2D eigenvalue weighted by Crippen LogP contribution is 2.37. The van der Waals surface area contributed by atoms with E-state index in [-0.39, 0.29) is 5.91 Å². The number of rotatable bonds is 3. The highest BCUT2D eigenvalue weighted by molar-refractivity contribution is 9.10. The van der Waals surface area contributed by atoms with Gasteiger partial charge in [0.2, 0.25) is 0 Å². The molecule has 0 aliphatic heterocycles. The lowest BCUT2D eigenvalue weighted by atomic mass is 9.95. The predicted octanol–water partition coefficient (Wildman–Crippen LogP) is 7.07. The highest BCUT2D eigenvalue weighted by atomic mass is 79.9. The normalized spacial score (nSPS) is 11.0. The van der Waals surface area contributed by atoms with Gasteiger partial charge in [0.1, 0.15) is 0 Å². The monoisotopic (exact) mass is 452 g/mol. The fourth-order valence-electron chi connectivity index (χ4n) is 3.76. The van der Waals surface area contributed by atoms with Crippen molar-refractivity contribution in [2.75, 3.05) is 5.32 Å². The van der Waals surface area contributed by atoms with Crippen LogP contribution in [0.2, 0.25) is 0 Å². The molecule has 30 heavy (non-hydrogen) atoms. The van der Waals surface area contributed by atoms with Crippen molar-refractivity contribution < 1.29 is 4.79 Å². The molecule has 0 aliphatic carbocycles. The van der Waals surface area contributed by atoms with Gasteiger partial charge in [-0.15, -0.1) is 0 Å². The summed E-state index contributed by atoms with van der Waals surface area (Å²) in [6.07, 6.45) is 1.82. The Hall–Kier alpha value is -3.50. The Morgan fingerprint density at radius 3 is 2.33 bits per heavy atom. The molecule has 0 saturated heterocycles. The summed E-state index contributed by atoms with van der Waals surface area (Å²) in [5.74, 6) is -0.141. The van der Waals surface area contributed by atoms with Crippen LogP contribution in [0.5, 0.6) is 0 Å². The number of fused-ring (bicyclic) bond motifs is 3. The van der Waals surface area contributed by atoms with Crippen molar-refractivity contribution in [3.63, 3.8) is 0 Å². The number of carbonyl (C=O) groups is 1. The van der Waals surface area contributed by atoms with Gasteiger partial charge in [-0.25, -0.2) is 0 Å². The molecule has 0 fully saturated rings. The summed E-state index contributed by atoms with van der Waals surface area (Å²) >= 11 is 3.41. The van der Waals surface area contributed by atoms with E-state index >= 15 is 0 Å². The Morgan fingerprint density at radius 2 is 1.47 bits per heavy atom. The van der Waals surface area contributed by atoms with Gasteiger partial charge in [-0.05, 0) is 47.3 Å². The molecule has 3 nitrogen and oxygen atoms in total. The number of halogens is 1. The first-order valence-electron chi connectivity index (χ1n) is 9.63. The van der Waals surface area contributed by atoms with Gasteiger partial charge < -0.3 is 5.32 Å². The van der Waals surface area contributed by atoms with Gasteiger partial charge in [0.25, 0.3) is 5.91 Å². The lowest BCUT2D eigenvalue weighted by molar-refractivity contribution is 0.102. The molecular weight excluding hydrogens is 436 g/mol. The summed E-state index contributed by atoms with van der Waals surface area (Å²) in [4.78, 5) is 17.5. The quantitative estimate of drug-likeness (QED) is 0.297. The zero-order valence-electron chi connectivity index (χ0n) is 16.0. The summed E-state index contributed by atoms with van der Waals surface area (Å²) in [6, 6.07) is 29.7. The van der Waals surface area contributed by atoms with Crippen LogP contribution >= 0.6 is 15.9 Å². The second-order valence-corrected chi connectivity index (χ2v) is 7.97. The number of anilines is 1. The fourth-order valence-corrected chi connectivity index (χ4v) is 4.03. The van der Waals surface area contributed by atoms with Crippen molar-refractivity contribution in [2.24, 2.45) is 0 Å². The van der Waals surface area contributed by atoms with Crippen LogP contribution in [0.1, 0.15) is 10.4 Å². The summed E-state index contributed by atoms with van der Waals surface area (Å²) in [5, 5.41) is 6.38. The summed E-state index contributed by atoms with van der Waals surface area (Å²) in [5.41, 5.74) is 4.35. The lowest BCUT2D eigenvalue weighted by Crippen LogP contribution is -2.12. The average molecular weight is 453 g/mol. The lowest BCUT2D eigenvalue weighted by Gasteiger charge is -2.14. The molecule has 1 heterocycles. The highest BCUT2D eigenvalue weighted by Gasteiger charge is 2.14. The molecule has 0 saturated carbocycles. The van der Waals surface area contributed by atoms with Gasteiger partial charge in [0, 0.05) is 38.3 Å². The van der Waals surface area contributed by atoms with E-state index in [1.165, 1.54) is 0 Å². The molecule has 0 spiro atoms. The van der Waals surface area contributed by atoms with Gasteiger partial charge >= 0.3 is 0 Å². The SMILES string of the molecule is O=C(Nc1ccccc1-c1cccc2ccc3cccnc3c12)c1ccc(Br)cc1. The van der Waals surface area contributed by atoms with E-state index in [9.17, 15) is 4.79 Å². The second-order valence-electron chi connectivity index (χ2n) is 7.05. The van der Waals surface area contributed by atoms with E-state index in [1.54, 1.807) is 12.1 Å². The van der Waals surface area contributed by atoms with Crippen molar-refractivity contribution in [1.82, 2.24) is 4.98 Å². The van der Waals surface area contributed by atoms with Crippen LogP contribution in [-0.4, -0.2) is 10.9 Å². The number of para-hydroxylation sites is 1. The number of nitrogens with one attached hydrogen (secondary N) is 1. The summed E-state index contributed by atoms with van der Waals surface area (Å²) < 4.78 is 0.939. The molecule has 5 rings (SSSR count). The summed E-state index contributed by atoms with van der Waals surface area (Å²) in [7, 11) is 0. The number of carbonyl (C=O) groups excluding carboxylic acids is 1. The number of pyridine rings is 1. The number of amides is 1. The van der Waals surface area contributed by atoms with Crippen molar-refractivity contribution in [3.8, 4) is 11.1 Å². The molecule has 1 amide bonds. The molecule has 144 valence electrons. The maximum Gasteiger partial charge on any atom is 0.255 e. The average Bonchev–Trinajstić information content (AvgIpc) is 2.79. The standard InChI is InChI=1S/C26H17BrN2O/c27-20-14-12-19(13-15-20)26(30)29-23-9-2-1-7-21(23)22-8-3-5-17-10-11-18-6-4-16-28-25(18)24(17)22/h1-16H,(H,29,30). The van der Waals surface area contributed by atoms with Crippen molar-refractivity contribution >= 4 is 49.2 Å². The molecule has 0 unspecified atom stereocenters. The topological polar surface area (TPSA) is 42.0 Å². The summed E-state index contributed by atoms with van der Waals surface area (Å²) in [6.45, 7) is 0. The number of hydrogen-bond acceptors (Lipinski definition) is 2. The minimum absolute atomic E-state index is 0.141. The third-order valence-electron chi connectivity index (χ3n) is 5.19. The predicted molar refractivity (Wildman–Crippen MR) is 127 cm³/mol. The van der Waals surface area contributed by atoms with Gasteiger partial charge in [-0.1, -0.05) is 70.5 Å². The molecule has 1 N–H and O–H groups in total. The van der Waals surface area contributed by atoms with E-state index < -0.39 is 0 Å². The van der Waals surface area contributed by atoms with Crippen LogP contribution in [0.25, 0.3) is 32.8 Å². The molecule has 5 aromatic rings. The largest absolute Gasteiger partial charge is 0.321 e. The number of nitrogens with zero attached hydrogens (tertiary/aromatic N) is 1. The molecule has 0 atom stereocenters. The Labute approximate surface area is 182 Å². The van der Waals surface area contributed by atoms with Crippen molar-refractivity contribution in [2.45, 2.75) is 0 Å². The van der Waals surface area contributed by atoms with E-state index in [4.69, 9.17) is 0 Å². The second kappa shape index (κ2) is 7.73. The van der Waals surface area contributed by atoms with Crippen LogP contribution < -0.4 is 5.32 Å². The van der Waals surface area contributed by atoms with Crippen LogP contribution in [0.4, 0.5) is 5.69 Å². The Bertz CT molecular complexity index is 1390. The minimum atomic E-state index is -0.141. The Kier molecular flexibility index (Phi) is 4.77. The van der Waals surface area contributed by atoms with Crippen LogP contribution in [0.3, 0.4) is 0 Å². The van der Waals surface area contributed by atoms with Gasteiger partial charge in [-0.2, -0.15) is 0 Å². The molecule has 0 radical (unpaired) electrons. The van der Waals surface area contributed by atoms with Gasteiger partial charge in [0.05, 0.1) is 5.52 Å². The Morgan fingerprint density at radius 1 is 0.733 bits per heavy atom. The molecule has 4 heteroatoms. The van der Waals surface area contributed by atoms with E-state index in [0.29, 0.717) is 5.56 Å². The zero-order valence-corrected chi connectivity index (χ0v) is 17.6. The first-order valence-corrected chi connectivity index (χ1v) is 10.4. The smallest absolute Gasteiger partial charge is 0.255 e. The van der Waals surface area contributed by atoms with Crippen LogP contribution in [-0.2, 0) is 0 Å². The number of aromatic nitrogens is 1. The van der Waals surface area contributed by atoms with Gasteiger partial charge in [0.15, 0.2) is 0 Å². The molecule has 4 aromatic carbocycles. The molecular formula is C26H17BrN2O. The van der Waals surface area contributed by atoms with E-state index in [2.05, 4.69) is 56.6 Å². The van der Waals surface area contributed by atoms with E-state index in [1.807, 2.05) is 54.7 Å². The van der Waals surface area contributed by atoms with E-state index in [0.717, 1.165) is 43.0 Å². The van der Waals surface area contributed by atoms with Crippen LogP contribution in [0, 0.1) is 0 Å². The Balaban J connectivity index is 1.66. The zero-order chi connectivity index (χ0) is 20.5. The van der Waals surface area contributed by atoms with Crippen LogP contribution in [0.15, 0.2) is 102 Å². The third-order valence-corrected chi connectivity index (χ3v) is 5.72.